The van der Waals surface area contributed by atoms with Crippen molar-refractivity contribution in [3.8, 4) is 5.75 Å². The van der Waals surface area contributed by atoms with Crippen molar-refractivity contribution in [1.82, 2.24) is 0 Å². The number of ether oxygens (including phenoxy) is 2. The Hall–Kier alpha value is -3.13. The van der Waals surface area contributed by atoms with Crippen LogP contribution in [0.25, 0.3) is 0 Å². The normalized spacial score (nSPS) is 14.7. The highest BCUT2D eigenvalue weighted by Crippen LogP contribution is 2.38. The van der Waals surface area contributed by atoms with Crippen LogP contribution in [0.5, 0.6) is 5.75 Å². The van der Waals surface area contributed by atoms with Crippen LogP contribution in [0.4, 0.5) is 15.8 Å². The number of hydrogen-bond acceptors (Lipinski definition) is 5. The molecule has 9 heteroatoms. The number of nitrogens with zero attached hydrogens (tertiary/aromatic N) is 1. The predicted molar refractivity (Wildman–Crippen MR) is 105 cm³/mol. The van der Waals surface area contributed by atoms with E-state index in [2.05, 4.69) is 10.1 Å². The molecule has 2 aromatic rings. The van der Waals surface area contributed by atoms with Gasteiger partial charge in [0.05, 0.1) is 17.8 Å². The van der Waals surface area contributed by atoms with E-state index in [0.717, 1.165) is 6.07 Å². The first kappa shape index (κ1) is 20.6. The lowest BCUT2D eigenvalue weighted by atomic mass is 10.0. The first-order chi connectivity index (χ1) is 13.6. The molecule has 1 aliphatic heterocycles. The Morgan fingerprint density at radius 1 is 1.24 bits per heavy atom. The van der Waals surface area contributed by atoms with E-state index in [1.807, 2.05) is 0 Å². The van der Waals surface area contributed by atoms with Crippen molar-refractivity contribution in [2.45, 2.75) is 19.4 Å². The maximum Gasteiger partial charge on any atom is 0.325 e. The lowest BCUT2D eigenvalue weighted by Gasteiger charge is -2.38. The van der Waals surface area contributed by atoms with Crippen LogP contribution in [0, 0.1) is 5.82 Å². The summed E-state index contributed by atoms with van der Waals surface area (Å²) in [7, 11) is 1.22. The molecule has 0 spiro atoms. The lowest BCUT2D eigenvalue weighted by molar-refractivity contribution is -0.142. The van der Waals surface area contributed by atoms with E-state index in [4.69, 9.17) is 16.3 Å². The maximum atomic E-state index is 13.3. The minimum atomic E-state index is -1.18. The van der Waals surface area contributed by atoms with E-state index in [-0.39, 0.29) is 22.8 Å². The van der Waals surface area contributed by atoms with Crippen LogP contribution in [0.3, 0.4) is 0 Å². The SMILES string of the molecule is COC(=O)CN1C(=O)C(C)(C)Oc2ccc(C(=O)Nc3ccc(F)c(Cl)c3)cc21. The number of hydrogen-bond donors (Lipinski definition) is 1. The summed E-state index contributed by atoms with van der Waals surface area (Å²) >= 11 is 5.73. The number of esters is 1. The number of anilines is 2. The minimum Gasteiger partial charge on any atom is -0.476 e. The van der Waals surface area contributed by atoms with Crippen LogP contribution in [-0.2, 0) is 14.3 Å². The third-order valence-corrected chi connectivity index (χ3v) is 4.62. The third kappa shape index (κ3) is 4.17. The summed E-state index contributed by atoms with van der Waals surface area (Å²) in [6.07, 6.45) is 0. The number of amides is 2. The predicted octanol–water partition coefficient (Wildman–Crippen LogP) is 3.41. The van der Waals surface area contributed by atoms with Gasteiger partial charge >= 0.3 is 5.97 Å². The number of nitrogens with one attached hydrogen (secondary N) is 1. The number of methoxy groups -OCH3 is 1. The minimum absolute atomic E-state index is 0.126. The Bertz CT molecular complexity index is 1010. The summed E-state index contributed by atoms with van der Waals surface area (Å²) in [6, 6.07) is 8.29. The van der Waals surface area contributed by atoms with E-state index in [9.17, 15) is 18.8 Å². The summed E-state index contributed by atoms with van der Waals surface area (Å²) in [6.45, 7) is 2.84. The zero-order valence-corrected chi connectivity index (χ0v) is 16.7. The van der Waals surface area contributed by atoms with Gasteiger partial charge in [0.15, 0.2) is 5.60 Å². The van der Waals surface area contributed by atoms with E-state index < -0.39 is 29.2 Å². The van der Waals surface area contributed by atoms with Crippen molar-refractivity contribution < 1.29 is 28.2 Å². The summed E-state index contributed by atoms with van der Waals surface area (Å²) in [5, 5.41) is 2.48. The molecule has 0 fully saturated rings. The molecule has 0 bridgehead atoms. The molecule has 0 aromatic heterocycles. The van der Waals surface area contributed by atoms with Crippen LogP contribution in [-0.4, -0.2) is 37.0 Å². The smallest absolute Gasteiger partial charge is 0.325 e. The van der Waals surface area contributed by atoms with Gasteiger partial charge in [0, 0.05) is 11.3 Å². The first-order valence-corrected chi connectivity index (χ1v) is 8.98. The molecule has 3 rings (SSSR count). The number of fused-ring (bicyclic) bond motifs is 1. The zero-order valence-electron chi connectivity index (χ0n) is 15.9. The second kappa shape index (κ2) is 7.71. The van der Waals surface area contributed by atoms with Crippen LogP contribution < -0.4 is 15.0 Å². The van der Waals surface area contributed by atoms with E-state index in [1.54, 1.807) is 19.9 Å². The molecule has 7 nitrogen and oxygen atoms in total. The van der Waals surface area contributed by atoms with Gasteiger partial charge in [-0.05, 0) is 50.2 Å². The molecule has 0 radical (unpaired) electrons. The molecule has 1 heterocycles. The van der Waals surface area contributed by atoms with Gasteiger partial charge in [-0.1, -0.05) is 11.6 Å². The first-order valence-electron chi connectivity index (χ1n) is 8.60. The standard InChI is InChI=1S/C20H18ClFN2O5/c1-20(2)19(27)24(10-17(25)28-3)15-8-11(4-7-16(15)29-20)18(26)23-12-5-6-14(22)13(21)9-12/h4-9H,10H2,1-3H3,(H,23,26). The van der Waals surface area contributed by atoms with E-state index in [0.29, 0.717) is 11.4 Å². The number of carbonyl (C=O) groups is 3. The van der Waals surface area contributed by atoms with E-state index in [1.165, 1.54) is 36.3 Å². The zero-order chi connectivity index (χ0) is 21.3. The molecule has 0 aliphatic carbocycles. The highest BCUT2D eigenvalue weighted by Gasteiger charge is 2.42. The molecular weight excluding hydrogens is 403 g/mol. The van der Waals surface area contributed by atoms with Gasteiger partial charge in [-0.25, -0.2) is 4.39 Å². The molecule has 0 saturated heterocycles. The average Bonchev–Trinajstić information content (AvgIpc) is 2.67. The molecule has 152 valence electrons. The van der Waals surface area contributed by atoms with Gasteiger partial charge in [-0.15, -0.1) is 0 Å². The van der Waals surface area contributed by atoms with Crippen molar-refractivity contribution in [3.05, 3.63) is 52.8 Å². The topological polar surface area (TPSA) is 84.9 Å². The fraction of sp³-hybridized carbons (Fsp3) is 0.250. The van der Waals surface area contributed by atoms with Crippen molar-refractivity contribution >= 4 is 40.8 Å². The summed E-state index contributed by atoms with van der Waals surface area (Å²) < 4.78 is 23.7. The molecule has 1 N–H and O–H groups in total. The Labute approximate surface area is 171 Å². The van der Waals surface area contributed by atoms with Crippen molar-refractivity contribution in [2.24, 2.45) is 0 Å². The lowest BCUT2D eigenvalue weighted by Crippen LogP contribution is -2.54. The summed E-state index contributed by atoms with van der Waals surface area (Å²) in [5.41, 5.74) is -0.408. The third-order valence-electron chi connectivity index (χ3n) is 4.33. The maximum absolute atomic E-state index is 13.3. The Balaban J connectivity index is 1.93. The molecule has 0 unspecified atom stereocenters. The van der Waals surface area contributed by atoms with Crippen molar-refractivity contribution in [3.63, 3.8) is 0 Å². The number of halogens is 2. The largest absolute Gasteiger partial charge is 0.476 e. The number of rotatable bonds is 4. The fourth-order valence-electron chi connectivity index (χ4n) is 2.84. The van der Waals surface area contributed by atoms with Gasteiger partial charge in [0.1, 0.15) is 18.1 Å². The molecule has 2 aromatic carbocycles. The van der Waals surface area contributed by atoms with Crippen LogP contribution >= 0.6 is 11.6 Å². The summed E-state index contributed by atoms with van der Waals surface area (Å²) in [5.74, 6) is -1.82. The quantitative estimate of drug-likeness (QED) is 0.766. The average molecular weight is 421 g/mol. The Kier molecular flexibility index (Phi) is 5.48. The van der Waals surface area contributed by atoms with Crippen molar-refractivity contribution in [2.75, 3.05) is 23.9 Å². The van der Waals surface area contributed by atoms with E-state index >= 15 is 0 Å². The fourth-order valence-corrected chi connectivity index (χ4v) is 3.02. The number of carbonyl (C=O) groups excluding carboxylic acids is 3. The van der Waals surface area contributed by atoms with Gasteiger partial charge in [0.25, 0.3) is 11.8 Å². The molecule has 0 atom stereocenters. The highest BCUT2D eigenvalue weighted by molar-refractivity contribution is 6.31. The van der Waals surface area contributed by atoms with Gasteiger partial charge < -0.3 is 14.8 Å². The van der Waals surface area contributed by atoms with Crippen LogP contribution in [0.15, 0.2) is 36.4 Å². The second-order valence-electron chi connectivity index (χ2n) is 6.85. The molecule has 1 aliphatic rings. The van der Waals surface area contributed by atoms with Gasteiger partial charge in [0.2, 0.25) is 0 Å². The van der Waals surface area contributed by atoms with Gasteiger partial charge in [-0.2, -0.15) is 0 Å². The molecular formula is C20H18ClFN2O5. The number of benzene rings is 2. The van der Waals surface area contributed by atoms with Crippen LogP contribution in [0.2, 0.25) is 5.02 Å². The van der Waals surface area contributed by atoms with Crippen molar-refractivity contribution in [1.29, 1.82) is 0 Å². The Morgan fingerprint density at radius 2 is 1.97 bits per heavy atom. The second-order valence-corrected chi connectivity index (χ2v) is 7.25. The molecule has 2 amide bonds. The van der Waals surface area contributed by atoms with Gasteiger partial charge in [-0.3, -0.25) is 19.3 Å². The highest BCUT2D eigenvalue weighted by atomic mass is 35.5. The molecule has 0 saturated carbocycles. The molecule has 29 heavy (non-hydrogen) atoms. The summed E-state index contributed by atoms with van der Waals surface area (Å²) in [4.78, 5) is 38.4. The Morgan fingerprint density at radius 3 is 2.62 bits per heavy atom. The monoisotopic (exact) mass is 420 g/mol. The van der Waals surface area contributed by atoms with Crippen LogP contribution in [0.1, 0.15) is 24.2 Å².